The summed E-state index contributed by atoms with van der Waals surface area (Å²) >= 11 is 2.97. The van der Waals surface area contributed by atoms with Crippen LogP contribution < -0.4 is 0 Å². The maximum Gasteiger partial charge on any atom is 0.224 e. The maximum atomic E-state index is 11.7. The molecule has 0 aliphatic rings. The predicted molar refractivity (Wildman–Crippen MR) is 63.7 cm³/mol. The first-order valence-corrected chi connectivity index (χ1v) is 7.37. The fraction of sp³-hybridized carbons (Fsp3) is 0.556. The van der Waals surface area contributed by atoms with E-state index in [4.69, 9.17) is 9.15 Å². The zero-order valence-corrected chi connectivity index (χ0v) is 11.3. The number of furan rings is 1. The first-order valence-electron chi connectivity index (χ1n) is 4.64. The number of sulfonamides is 1. The monoisotopic (exact) mass is 311 g/mol. The highest BCUT2D eigenvalue weighted by atomic mass is 79.9. The lowest BCUT2D eigenvalue weighted by atomic mass is 10.3. The molecule has 0 aliphatic carbocycles. The highest BCUT2D eigenvalue weighted by molar-refractivity contribution is 9.10. The fourth-order valence-corrected chi connectivity index (χ4v) is 2.87. The van der Waals surface area contributed by atoms with Crippen LogP contribution in [-0.2, 0) is 21.3 Å². The van der Waals surface area contributed by atoms with Crippen molar-refractivity contribution in [3.05, 3.63) is 24.2 Å². The maximum absolute atomic E-state index is 11.7. The third-order valence-electron chi connectivity index (χ3n) is 2.02. The van der Waals surface area contributed by atoms with Gasteiger partial charge < -0.3 is 9.15 Å². The molecule has 1 rings (SSSR count). The summed E-state index contributed by atoms with van der Waals surface area (Å²) in [7, 11) is -1.74. The number of halogens is 1. The molecule has 0 aromatic carbocycles. The second kappa shape index (κ2) is 6.39. The van der Waals surface area contributed by atoms with Gasteiger partial charge in [0, 0.05) is 25.8 Å². The number of methoxy groups -OCH3 is 1. The normalized spacial score (nSPS) is 12.2. The van der Waals surface area contributed by atoms with Crippen LogP contribution in [0.3, 0.4) is 0 Å². The highest BCUT2D eigenvalue weighted by Gasteiger charge is 2.20. The van der Waals surface area contributed by atoms with Crippen LogP contribution in [0, 0.1) is 0 Å². The highest BCUT2D eigenvalue weighted by Crippen LogP contribution is 2.11. The number of hydrogen-bond acceptors (Lipinski definition) is 4. The van der Waals surface area contributed by atoms with E-state index < -0.39 is 10.0 Å². The quantitative estimate of drug-likeness (QED) is 0.714. The molecule has 0 bridgehead atoms. The van der Waals surface area contributed by atoms with Gasteiger partial charge in [-0.3, -0.25) is 0 Å². The van der Waals surface area contributed by atoms with Crippen molar-refractivity contribution in [2.24, 2.45) is 0 Å². The van der Waals surface area contributed by atoms with E-state index >= 15 is 0 Å². The van der Waals surface area contributed by atoms with Crippen molar-refractivity contribution < 1.29 is 17.6 Å². The molecule has 1 aromatic heterocycles. The summed E-state index contributed by atoms with van der Waals surface area (Å²) in [4.78, 5) is 0. The first-order chi connectivity index (χ1) is 7.60. The summed E-state index contributed by atoms with van der Waals surface area (Å²) in [6.07, 6.45) is 3.05. The summed E-state index contributed by atoms with van der Waals surface area (Å²) in [5.41, 5.74) is 0.820. The van der Waals surface area contributed by atoms with Crippen LogP contribution in [0.4, 0.5) is 0 Å². The molecule has 5 nitrogen and oxygen atoms in total. The van der Waals surface area contributed by atoms with Crippen LogP contribution in [0.5, 0.6) is 0 Å². The molecule has 0 atom stereocenters. The fourth-order valence-electron chi connectivity index (χ4n) is 1.16. The van der Waals surface area contributed by atoms with Crippen molar-refractivity contribution in [1.29, 1.82) is 0 Å². The van der Waals surface area contributed by atoms with E-state index in [1.54, 1.807) is 6.07 Å². The molecule has 0 radical (unpaired) electrons. The van der Waals surface area contributed by atoms with Crippen LogP contribution in [-0.4, -0.2) is 37.6 Å². The molecular weight excluding hydrogens is 298 g/mol. The number of rotatable bonds is 7. The Balaban J connectivity index is 2.72. The van der Waals surface area contributed by atoms with E-state index in [0.717, 1.165) is 5.56 Å². The summed E-state index contributed by atoms with van der Waals surface area (Å²) in [5.74, 6) is 0. The first kappa shape index (κ1) is 13.7. The molecule has 0 unspecified atom stereocenters. The lowest BCUT2D eigenvalue weighted by molar-refractivity contribution is 0.177. The van der Waals surface area contributed by atoms with E-state index in [9.17, 15) is 8.42 Å². The van der Waals surface area contributed by atoms with Gasteiger partial charge in [0.2, 0.25) is 10.0 Å². The third-order valence-corrected chi connectivity index (χ3v) is 5.13. The van der Waals surface area contributed by atoms with Crippen LogP contribution >= 0.6 is 15.9 Å². The molecule has 0 saturated carbocycles. The van der Waals surface area contributed by atoms with Gasteiger partial charge in [0.15, 0.2) is 0 Å². The molecule has 0 amide bonds. The minimum Gasteiger partial charge on any atom is -0.472 e. The Morgan fingerprint density at radius 1 is 1.56 bits per heavy atom. The molecule has 0 saturated heterocycles. The molecule has 1 aromatic rings. The second-order valence-corrected chi connectivity index (χ2v) is 6.45. The van der Waals surface area contributed by atoms with Crippen LogP contribution in [0.1, 0.15) is 5.56 Å². The molecule has 92 valence electrons. The van der Waals surface area contributed by atoms with Gasteiger partial charge in [0.1, 0.15) is 4.66 Å². The SMILES string of the molecule is COCCN(Cc1ccoc1)S(=O)(=O)CBr. The van der Waals surface area contributed by atoms with E-state index in [1.165, 1.54) is 23.9 Å². The average molecular weight is 312 g/mol. The van der Waals surface area contributed by atoms with Gasteiger partial charge in [-0.2, -0.15) is 4.31 Å². The number of nitrogens with zero attached hydrogens (tertiary/aromatic N) is 1. The number of ether oxygens (including phenoxy) is 1. The minimum atomic E-state index is -3.28. The molecule has 0 aliphatic heterocycles. The molecule has 0 spiro atoms. The Labute approximate surface area is 104 Å². The van der Waals surface area contributed by atoms with Crippen LogP contribution in [0.2, 0.25) is 0 Å². The summed E-state index contributed by atoms with van der Waals surface area (Å²) < 4.78 is 34.5. The standard InChI is InChI=1S/C9H14BrNO4S/c1-14-5-3-11(16(12,13)8-10)6-9-2-4-15-7-9/h2,4,7H,3,5-6,8H2,1H3. The summed E-state index contributed by atoms with van der Waals surface area (Å²) in [6.45, 7) is 0.994. The van der Waals surface area contributed by atoms with Gasteiger partial charge >= 0.3 is 0 Å². The molecular formula is C9H14BrNO4S. The van der Waals surface area contributed by atoms with E-state index in [2.05, 4.69) is 15.9 Å². The van der Waals surface area contributed by atoms with Crippen molar-refractivity contribution >= 4 is 26.0 Å². The van der Waals surface area contributed by atoms with Gasteiger partial charge in [-0.15, -0.1) is 0 Å². The van der Waals surface area contributed by atoms with Gasteiger partial charge in [0.05, 0.1) is 19.1 Å². The van der Waals surface area contributed by atoms with E-state index in [0.29, 0.717) is 19.7 Å². The number of alkyl halides is 1. The Morgan fingerprint density at radius 2 is 2.31 bits per heavy atom. The molecule has 16 heavy (non-hydrogen) atoms. The van der Waals surface area contributed by atoms with Gasteiger partial charge in [-0.1, -0.05) is 15.9 Å². The van der Waals surface area contributed by atoms with Crippen molar-refractivity contribution in [3.63, 3.8) is 0 Å². The second-order valence-electron chi connectivity index (χ2n) is 3.18. The molecule has 0 fully saturated rings. The Hall–Kier alpha value is -0.370. The van der Waals surface area contributed by atoms with Gasteiger partial charge in [-0.05, 0) is 6.07 Å². The Morgan fingerprint density at radius 3 is 2.81 bits per heavy atom. The van der Waals surface area contributed by atoms with Crippen LogP contribution in [0.25, 0.3) is 0 Å². The average Bonchev–Trinajstić information content (AvgIpc) is 2.76. The topological polar surface area (TPSA) is 59.8 Å². The smallest absolute Gasteiger partial charge is 0.224 e. The number of hydrogen-bond donors (Lipinski definition) is 0. The summed E-state index contributed by atoms with van der Waals surface area (Å²) in [5, 5.41) is 0. The Kier molecular flexibility index (Phi) is 5.47. The molecule has 0 N–H and O–H groups in total. The largest absolute Gasteiger partial charge is 0.472 e. The summed E-state index contributed by atoms with van der Waals surface area (Å²) in [6, 6.07) is 1.74. The van der Waals surface area contributed by atoms with E-state index in [1.807, 2.05) is 0 Å². The van der Waals surface area contributed by atoms with Crippen molar-refractivity contribution in [3.8, 4) is 0 Å². The molecule has 7 heteroatoms. The molecule has 1 heterocycles. The zero-order valence-electron chi connectivity index (χ0n) is 8.93. The zero-order chi connectivity index (χ0) is 12.0. The van der Waals surface area contributed by atoms with Crippen LogP contribution in [0.15, 0.2) is 23.0 Å². The lowest BCUT2D eigenvalue weighted by Gasteiger charge is -2.19. The van der Waals surface area contributed by atoms with E-state index in [-0.39, 0.29) is 4.66 Å². The lowest BCUT2D eigenvalue weighted by Crippen LogP contribution is -2.33. The minimum absolute atomic E-state index is 0.0957. The third kappa shape index (κ3) is 3.89. The van der Waals surface area contributed by atoms with Crippen molar-refractivity contribution in [2.75, 3.05) is 24.9 Å². The van der Waals surface area contributed by atoms with Crippen molar-refractivity contribution in [2.45, 2.75) is 6.54 Å². The predicted octanol–water partition coefficient (Wildman–Crippen LogP) is 1.41. The van der Waals surface area contributed by atoms with Crippen molar-refractivity contribution in [1.82, 2.24) is 4.31 Å². The van der Waals surface area contributed by atoms with Gasteiger partial charge in [-0.25, -0.2) is 8.42 Å². The Bertz CT molecular complexity index is 390. The van der Waals surface area contributed by atoms with Gasteiger partial charge in [0.25, 0.3) is 0 Å².